The molecule has 1 aliphatic rings. The summed E-state index contributed by atoms with van der Waals surface area (Å²) < 4.78 is 34.5. The molecule has 0 unspecified atom stereocenters. The van der Waals surface area contributed by atoms with Crippen LogP contribution in [0.15, 0.2) is 47.5 Å². The van der Waals surface area contributed by atoms with Gasteiger partial charge < -0.3 is 14.2 Å². The number of aromatic nitrogens is 1. The number of aryl methyl sites for hydroxylation is 1. The van der Waals surface area contributed by atoms with Crippen LogP contribution in [-0.4, -0.2) is 60.9 Å². The highest BCUT2D eigenvalue weighted by Crippen LogP contribution is 2.29. The number of amides is 1. The van der Waals surface area contributed by atoms with Crippen molar-refractivity contribution in [2.75, 3.05) is 26.8 Å². The van der Waals surface area contributed by atoms with Crippen LogP contribution in [0, 0.1) is 0 Å². The van der Waals surface area contributed by atoms with E-state index in [9.17, 15) is 13.2 Å². The van der Waals surface area contributed by atoms with Gasteiger partial charge in [-0.05, 0) is 49.2 Å². The van der Waals surface area contributed by atoms with Crippen LogP contribution in [0.3, 0.4) is 0 Å². The second-order valence-corrected chi connectivity index (χ2v) is 9.52. The summed E-state index contributed by atoms with van der Waals surface area (Å²) >= 11 is 5.88. The van der Waals surface area contributed by atoms with E-state index in [-0.39, 0.29) is 36.5 Å². The van der Waals surface area contributed by atoms with Crippen LogP contribution >= 0.6 is 11.6 Å². The highest BCUT2D eigenvalue weighted by Gasteiger charge is 2.35. The smallest absolute Gasteiger partial charge is 0.243 e. The summed E-state index contributed by atoms with van der Waals surface area (Å²) in [5.41, 5.74) is 1.01. The van der Waals surface area contributed by atoms with Crippen molar-refractivity contribution in [3.8, 4) is 0 Å². The molecule has 0 N–H and O–H groups in total. The average molecular weight is 440 g/mol. The molecule has 7 nitrogen and oxygen atoms in total. The Hall–Kier alpha value is -1.87. The Morgan fingerprint density at radius 3 is 2.48 bits per heavy atom. The Kier molecular flexibility index (Phi) is 7.00. The average Bonchev–Trinajstić information content (AvgIpc) is 3.45. The van der Waals surface area contributed by atoms with E-state index in [0.29, 0.717) is 11.6 Å². The van der Waals surface area contributed by atoms with Crippen molar-refractivity contribution in [2.24, 2.45) is 7.05 Å². The van der Waals surface area contributed by atoms with Gasteiger partial charge in [0.05, 0.1) is 24.6 Å². The maximum Gasteiger partial charge on any atom is 0.243 e. The Balaban J connectivity index is 1.80. The molecule has 0 radical (unpaired) electrons. The third-order valence-electron chi connectivity index (χ3n) is 5.00. The molecule has 0 saturated heterocycles. The first-order valence-electron chi connectivity index (χ1n) is 9.47. The number of hydrogen-bond donors (Lipinski definition) is 0. The monoisotopic (exact) mass is 439 g/mol. The van der Waals surface area contributed by atoms with Crippen molar-refractivity contribution in [2.45, 2.75) is 30.3 Å². The molecule has 1 saturated carbocycles. The van der Waals surface area contributed by atoms with Gasteiger partial charge in [-0.1, -0.05) is 11.6 Å². The molecule has 1 amide bonds. The Labute approximate surface area is 176 Å². The van der Waals surface area contributed by atoms with E-state index in [1.54, 1.807) is 4.90 Å². The molecule has 1 aromatic carbocycles. The number of halogens is 1. The van der Waals surface area contributed by atoms with Crippen molar-refractivity contribution < 1.29 is 17.9 Å². The van der Waals surface area contributed by atoms with E-state index >= 15 is 0 Å². The molecule has 0 spiro atoms. The molecule has 1 fully saturated rings. The molecule has 0 bridgehead atoms. The molecule has 2 aromatic rings. The van der Waals surface area contributed by atoms with Gasteiger partial charge in [0.15, 0.2) is 0 Å². The highest BCUT2D eigenvalue weighted by atomic mass is 35.5. The minimum atomic E-state index is -3.85. The fourth-order valence-corrected chi connectivity index (χ4v) is 4.62. The van der Waals surface area contributed by atoms with Crippen LogP contribution in [0.2, 0.25) is 5.02 Å². The van der Waals surface area contributed by atoms with Gasteiger partial charge in [0, 0.05) is 43.7 Å². The fraction of sp³-hybridized carbons (Fsp3) is 0.450. The van der Waals surface area contributed by atoms with E-state index in [0.717, 1.165) is 18.5 Å². The molecule has 0 atom stereocenters. The summed E-state index contributed by atoms with van der Waals surface area (Å²) in [6, 6.07) is 10.0. The number of hydrogen-bond acceptors (Lipinski definition) is 4. The summed E-state index contributed by atoms with van der Waals surface area (Å²) in [6.07, 6.45) is 3.82. The van der Waals surface area contributed by atoms with Crippen LogP contribution in [0.4, 0.5) is 0 Å². The molecule has 1 heterocycles. The number of rotatable bonds is 10. The highest BCUT2D eigenvalue weighted by molar-refractivity contribution is 7.89. The van der Waals surface area contributed by atoms with Crippen LogP contribution < -0.4 is 0 Å². The Bertz CT molecular complexity index is 939. The van der Waals surface area contributed by atoms with Crippen molar-refractivity contribution in [3.63, 3.8) is 0 Å². The second kappa shape index (κ2) is 9.30. The predicted octanol–water partition coefficient (Wildman–Crippen LogP) is 2.51. The van der Waals surface area contributed by atoms with Crippen molar-refractivity contribution in [1.29, 1.82) is 0 Å². The number of carbonyl (C=O) groups is 1. The lowest BCUT2D eigenvalue weighted by atomic mass is 10.3. The second-order valence-electron chi connectivity index (χ2n) is 7.15. The molecular formula is C20H26ClN3O4S. The lowest BCUT2D eigenvalue weighted by Crippen LogP contribution is -2.44. The predicted molar refractivity (Wildman–Crippen MR) is 111 cm³/mol. The fourth-order valence-electron chi connectivity index (χ4n) is 3.12. The molecule has 1 aromatic heterocycles. The van der Waals surface area contributed by atoms with Gasteiger partial charge in [-0.25, -0.2) is 8.42 Å². The van der Waals surface area contributed by atoms with Gasteiger partial charge >= 0.3 is 0 Å². The van der Waals surface area contributed by atoms with Crippen molar-refractivity contribution in [1.82, 2.24) is 13.8 Å². The van der Waals surface area contributed by atoms with E-state index in [4.69, 9.17) is 16.3 Å². The van der Waals surface area contributed by atoms with E-state index in [2.05, 4.69) is 0 Å². The van der Waals surface area contributed by atoms with E-state index in [1.165, 1.54) is 35.7 Å². The Morgan fingerprint density at radius 2 is 1.93 bits per heavy atom. The van der Waals surface area contributed by atoms with Gasteiger partial charge in [-0.2, -0.15) is 4.31 Å². The van der Waals surface area contributed by atoms with Crippen molar-refractivity contribution >= 4 is 27.5 Å². The van der Waals surface area contributed by atoms with Gasteiger partial charge in [0.1, 0.15) is 0 Å². The largest absolute Gasteiger partial charge is 0.383 e. The molecule has 1 aliphatic carbocycles. The minimum absolute atomic E-state index is 0.0931. The lowest BCUT2D eigenvalue weighted by molar-refractivity contribution is -0.132. The minimum Gasteiger partial charge on any atom is -0.383 e. The van der Waals surface area contributed by atoms with Crippen LogP contribution in [0.1, 0.15) is 18.5 Å². The summed E-state index contributed by atoms with van der Waals surface area (Å²) in [5, 5.41) is 0.450. The van der Waals surface area contributed by atoms with E-state index < -0.39 is 10.0 Å². The molecule has 9 heteroatoms. The number of methoxy groups -OCH3 is 1. The van der Waals surface area contributed by atoms with Crippen LogP contribution in [0.5, 0.6) is 0 Å². The third-order valence-corrected chi connectivity index (χ3v) is 7.11. The molecular weight excluding hydrogens is 414 g/mol. The van der Waals surface area contributed by atoms with E-state index in [1.807, 2.05) is 29.9 Å². The molecule has 158 valence electrons. The molecule has 29 heavy (non-hydrogen) atoms. The number of benzene rings is 1. The molecule has 0 aliphatic heterocycles. The Morgan fingerprint density at radius 1 is 1.24 bits per heavy atom. The van der Waals surface area contributed by atoms with Gasteiger partial charge in [-0.15, -0.1) is 0 Å². The number of carbonyl (C=O) groups excluding carboxylic acids is 1. The quantitative estimate of drug-likeness (QED) is 0.570. The van der Waals surface area contributed by atoms with Crippen LogP contribution in [-0.2, 0) is 33.1 Å². The summed E-state index contributed by atoms with van der Waals surface area (Å²) in [6.45, 7) is 0.526. The summed E-state index contributed by atoms with van der Waals surface area (Å²) in [5.74, 6) is -0.206. The van der Waals surface area contributed by atoms with Crippen molar-refractivity contribution in [3.05, 3.63) is 53.3 Å². The zero-order valence-electron chi connectivity index (χ0n) is 16.6. The normalized spacial score (nSPS) is 14.3. The standard InChI is InChI=1S/C20H26ClN3O4S/c1-22-11-3-4-18(22)14-24(17-7-8-17)20(25)15-23(12-13-28-2)29(26,27)19-9-5-16(21)6-10-19/h3-6,9-11,17H,7-8,12-15H2,1-2H3. The number of sulfonamides is 1. The zero-order valence-corrected chi connectivity index (χ0v) is 18.2. The van der Waals surface area contributed by atoms with Gasteiger partial charge in [0.25, 0.3) is 0 Å². The number of nitrogens with zero attached hydrogens (tertiary/aromatic N) is 3. The maximum absolute atomic E-state index is 13.1. The lowest BCUT2D eigenvalue weighted by Gasteiger charge is -2.27. The topological polar surface area (TPSA) is 71.8 Å². The first kappa shape index (κ1) is 21.8. The van der Waals surface area contributed by atoms with Gasteiger partial charge in [-0.3, -0.25) is 4.79 Å². The third kappa shape index (κ3) is 5.39. The van der Waals surface area contributed by atoms with Gasteiger partial charge in [0.2, 0.25) is 15.9 Å². The first-order chi connectivity index (χ1) is 13.8. The molecule has 3 rings (SSSR count). The SMILES string of the molecule is COCCN(CC(=O)N(Cc1cccn1C)C1CC1)S(=O)(=O)c1ccc(Cl)cc1. The number of ether oxygens (including phenoxy) is 1. The first-order valence-corrected chi connectivity index (χ1v) is 11.3. The summed E-state index contributed by atoms with van der Waals surface area (Å²) in [7, 11) is -0.420. The maximum atomic E-state index is 13.1. The van der Waals surface area contributed by atoms with Crippen LogP contribution in [0.25, 0.3) is 0 Å². The summed E-state index contributed by atoms with van der Waals surface area (Å²) in [4.78, 5) is 15.0. The zero-order chi connectivity index (χ0) is 21.0.